The molecule has 8 nitrogen and oxygen atoms in total. The Morgan fingerprint density at radius 1 is 1.00 bits per heavy atom. The molecule has 176 valence electrons. The van der Waals surface area contributed by atoms with Crippen LogP contribution in [0.5, 0.6) is 0 Å². The molecule has 34 heavy (non-hydrogen) atoms. The molecule has 0 spiro atoms. The molecule has 3 aromatic rings. The van der Waals surface area contributed by atoms with Crippen LogP contribution in [0, 0.1) is 5.41 Å². The minimum Gasteiger partial charge on any atom is -0.336 e. The van der Waals surface area contributed by atoms with Crippen molar-refractivity contribution >= 4 is 17.8 Å². The van der Waals surface area contributed by atoms with Crippen molar-refractivity contribution in [2.75, 3.05) is 13.1 Å². The van der Waals surface area contributed by atoms with Crippen LogP contribution in [0.25, 0.3) is 0 Å². The zero-order chi connectivity index (χ0) is 24.1. The fraction of sp³-hybridized carbons (Fsp3) is 0.308. The van der Waals surface area contributed by atoms with Crippen LogP contribution in [0.4, 0.5) is 0 Å². The average Bonchev–Trinajstić information content (AvgIpc) is 3.43. The van der Waals surface area contributed by atoms with E-state index in [4.69, 9.17) is 5.41 Å². The van der Waals surface area contributed by atoms with E-state index < -0.39 is 5.54 Å². The van der Waals surface area contributed by atoms with Gasteiger partial charge in [-0.15, -0.1) is 0 Å². The normalized spacial score (nSPS) is 14.8. The van der Waals surface area contributed by atoms with E-state index in [1.165, 1.54) is 4.90 Å². The van der Waals surface area contributed by atoms with Gasteiger partial charge in [-0.2, -0.15) is 0 Å². The number of aromatic nitrogens is 2. The lowest BCUT2D eigenvalue weighted by Crippen LogP contribution is -2.45. The summed E-state index contributed by atoms with van der Waals surface area (Å²) in [6, 6.07) is 18.9. The highest BCUT2D eigenvalue weighted by Crippen LogP contribution is 2.36. The lowest BCUT2D eigenvalue weighted by Gasteiger charge is -2.28. The van der Waals surface area contributed by atoms with Gasteiger partial charge in [0.05, 0.1) is 18.4 Å². The fourth-order valence-electron chi connectivity index (χ4n) is 4.41. The van der Waals surface area contributed by atoms with E-state index in [1.807, 2.05) is 74.5 Å². The van der Waals surface area contributed by atoms with Crippen molar-refractivity contribution in [1.82, 2.24) is 25.1 Å². The maximum atomic E-state index is 13.9. The Balaban J connectivity index is 1.62. The lowest BCUT2D eigenvalue weighted by molar-refractivity contribution is -0.130. The van der Waals surface area contributed by atoms with Gasteiger partial charge in [-0.05, 0) is 24.0 Å². The van der Waals surface area contributed by atoms with Gasteiger partial charge in [0.15, 0.2) is 17.3 Å². The summed E-state index contributed by atoms with van der Waals surface area (Å²) >= 11 is 0. The van der Waals surface area contributed by atoms with Gasteiger partial charge < -0.3 is 15.2 Å². The molecule has 8 heteroatoms. The van der Waals surface area contributed by atoms with Crippen LogP contribution in [-0.2, 0) is 16.9 Å². The van der Waals surface area contributed by atoms with E-state index in [9.17, 15) is 9.59 Å². The molecule has 2 amide bonds. The second kappa shape index (κ2) is 9.91. The second-order valence-corrected chi connectivity index (χ2v) is 8.40. The van der Waals surface area contributed by atoms with Crippen molar-refractivity contribution in [3.8, 4) is 0 Å². The number of imidazole rings is 1. The predicted octanol–water partition coefficient (Wildman–Crippen LogP) is 3.48. The first kappa shape index (κ1) is 23.2. The van der Waals surface area contributed by atoms with Crippen LogP contribution in [0.1, 0.15) is 54.1 Å². The Kier molecular flexibility index (Phi) is 6.77. The molecule has 2 heterocycles. The molecular formula is C26H30N6O2. The van der Waals surface area contributed by atoms with Gasteiger partial charge in [0.1, 0.15) is 0 Å². The van der Waals surface area contributed by atoms with Gasteiger partial charge in [0.2, 0.25) is 0 Å². The van der Waals surface area contributed by atoms with Crippen LogP contribution in [0.3, 0.4) is 0 Å². The zero-order valence-corrected chi connectivity index (χ0v) is 19.5. The molecule has 1 fully saturated rings. The number of benzene rings is 2. The van der Waals surface area contributed by atoms with Crippen LogP contribution in [0.15, 0.2) is 66.9 Å². The number of guanidine groups is 1. The molecule has 0 bridgehead atoms. The molecule has 0 saturated carbocycles. The maximum absolute atomic E-state index is 13.9. The number of amides is 2. The molecule has 0 radical (unpaired) electrons. The second-order valence-electron chi connectivity index (χ2n) is 8.40. The molecule has 0 aliphatic carbocycles. The van der Waals surface area contributed by atoms with E-state index in [-0.39, 0.29) is 30.1 Å². The predicted molar refractivity (Wildman–Crippen MR) is 130 cm³/mol. The van der Waals surface area contributed by atoms with Gasteiger partial charge in [-0.1, -0.05) is 74.5 Å². The fourth-order valence-corrected chi connectivity index (χ4v) is 4.41. The third-order valence-corrected chi connectivity index (χ3v) is 5.99. The molecule has 1 aromatic heterocycles. The van der Waals surface area contributed by atoms with E-state index >= 15 is 0 Å². The number of carbonyl (C=O) groups is 2. The monoisotopic (exact) mass is 458 g/mol. The molecule has 0 unspecified atom stereocenters. The summed E-state index contributed by atoms with van der Waals surface area (Å²) in [5.41, 5.74) is 0.910. The number of H-pyrrole nitrogens is 1. The summed E-state index contributed by atoms with van der Waals surface area (Å²) in [4.78, 5) is 37.3. The summed E-state index contributed by atoms with van der Waals surface area (Å²) in [5.74, 6) is -0.158. The molecule has 2 aromatic carbocycles. The highest BCUT2D eigenvalue weighted by atomic mass is 16.2. The number of nitrogens with one attached hydrogen (secondary N) is 3. The highest BCUT2D eigenvalue weighted by molar-refractivity contribution is 6.10. The Morgan fingerprint density at radius 2 is 1.56 bits per heavy atom. The van der Waals surface area contributed by atoms with Crippen molar-refractivity contribution < 1.29 is 9.59 Å². The van der Waals surface area contributed by atoms with Crippen LogP contribution < -0.4 is 5.32 Å². The Labute approximate surface area is 199 Å². The zero-order valence-electron chi connectivity index (χ0n) is 19.5. The molecule has 1 aliphatic rings. The van der Waals surface area contributed by atoms with E-state index in [0.29, 0.717) is 18.8 Å². The minimum atomic E-state index is -1.20. The van der Waals surface area contributed by atoms with Gasteiger partial charge in [0.25, 0.3) is 11.8 Å². The van der Waals surface area contributed by atoms with Crippen molar-refractivity contribution in [3.05, 3.63) is 89.5 Å². The van der Waals surface area contributed by atoms with Crippen LogP contribution >= 0.6 is 0 Å². The molecular weight excluding hydrogens is 428 g/mol. The van der Waals surface area contributed by atoms with Crippen molar-refractivity contribution in [3.63, 3.8) is 0 Å². The van der Waals surface area contributed by atoms with E-state index in [1.54, 1.807) is 11.1 Å². The first-order valence-electron chi connectivity index (χ1n) is 11.6. The first-order chi connectivity index (χ1) is 16.5. The molecule has 0 atom stereocenters. The smallest absolute Gasteiger partial charge is 0.289 e. The quantitative estimate of drug-likeness (QED) is 0.456. The van der Waals surface area contributed by atoms with Gasteiger partial charge in [0, 0.05) is 13.1 Å². The first-order valence-corrected chi connectivity index (χ1v) is 11.6. The van der Waals surface area contributed by atoms with Gasteiger partial charge in [-0.3, -0.25) is 19.9 Å². The summed E-state index contributed by atoms with van der Waals surface area (Å²) in [7, 11) is 0. The largest absolute Gasteiger partial charge is 0.336 e. The molecule has 4 rings (SSSR count). The minimum absolute atomic E-state index is 0.00113. The van der Waals surface area contributed by atoms with Crippen molar-refractivity contribution in [1.29, 1.82) is 5.41 Å². The number of hydrogen-bond acceptors (Lipinski definition) is 4. The van der Waals surface area contributed by atoms with Gasteiger partial charge in [-0.25, -0.2) is 4.98 Å². The van der Waals surface area contributed by atoms with Gasteiger partial charge >= 0.3 is 0 Å². The topological polar surface area (TPSA) is 105 Å². The van der Waals surface area contributed by atoms with Crippen molar-refractivity contribution in [2.45, 2.75) is 38.8 Å². The number of rotatable bonds is 9. The number of aromatic amines is 1. The van der Waals surface area contributed by atoms with E-state index in [0.717, 1.165) is 24.0 Å². The third kappa shape index (κ3) is 4.19. The van der Waals surface area contributed by atoms with Crippen molar-refractivity contribution in [2.24, 2.45) is 0 Å². The maximum Gasteiger partial charge on any atom is 0.289 e. The Morgan fingerprint density at radius 3 is 2.09 bits per heavy atom. The summed E-state index contributed by atoms with van der Waals surface area (Å²) in [6.07, 6.45) is 3.30. The number of carbonyl (C=O) groups excluding carboxylic acids is 2. The highest BCUT2D eigenvalue weighted by Gasteiger charge is 2.52. The number of nitrogens with zero attached hydrogens (tertiary/aromatic N) is 3. The van der Waals surface area contributed by atoms with E-state index in [2.05, 4.69) is 15.3 Å². The summed E-state index contributed by atoms with van der Waals surface area (Å²) in [6.45, 7) is 5.50. The van der Waals surface area contributed by atoms with Crippen LogP contribution in [-0.4, -0.2) is 50.6 Å². The summed E-state index contributed by atoms with van der Waals surface area (Å²) in [5, 5.41) is 11.7. The molecule has 1 aliphatic heterocycles. The Hall–Kier alpha value is -3.94. The average molecular weight is 459 g/mol. The standard InChI is InChI=1S/C26H30N6O2/c1-3-15-31(16-4-2)23(33)22-28-17-21(29-22)18-32-24(34)26(30-25(32)27,19-11-7-5-8-12-19)20-13-9-6-10-14-20/h5-14,17H,3-4,15-16,18H2,1-2H3,(H2,27,30)(H,28,29). The molecule has 3 N–H and O–H groups in total. The van der Waals surface area contributed by atoms with Crippen LogP contribution in [0.2, 0.25) is 0 Å². The lowest BCUT2D eigenvalue weighted by atomic mass is 9.82. The number of hydrogen-bond donors (Lipinski definition) is 3. The Bertz CT molecular complexity index is 1110. The summed E-state index contributed by atoms with van der Waals surface area (Å²) < 4.78 is 0. The molecule has 1 saturated heterocycles. The third-order valence-electron chi connectivity index (χ3n) is 5.99. The SMILES string of the molecule is CCCN(CCC)C(=O)c1ncc(CN2C(=N)NC(c3ccccc3)(c3ccccc3)C2=O)[nH]1.